The molecule has 2 heterocycles. The Morgan fingerprint density at radius 1 is 1.16 bits per heavy atom. The summed E-state index contributed by atoms with van der Waals surface area (Å²) in [5.74, 6) is -1.16. The number of nitrogens with one attached hydrogen (secondary N) is 2. The highest BCUT2D eigenvalue weighted by molar-refractivity contribution is 7.10. The first-order valence-electron chi connectivity index (χ1n) is 11.8. The van der Waals surface area contributed by atoms with Crippen LogP contribution in [0.3, 0.4) is 0 Å². The SMILES string of the molecule is CCOC(=O)CNC(=O)N1CCC(c2nc(C(=O)Nc3ccc(F)cc3-c3ccc(Cl)cc3)cs2)CC1. The minimum atomic E-state index is -0.472. The van der Waals surface area contributed by atoms with Gasteiger partial charge in [-0.3, -0.25) is 9.59 Å². The molecule has 1 saturated heterocycles. The molecule has 1 fully saturated rings. The summed E-state index contributed by atoms with van der Waals surface area (Å²) in [5.41, 5.74) is 2.00. The summed E-state index contributed by atoms with van der Waals surface area (Å²) in [4.78, 5) is 42.9. The molecule has 194 valence electrons. The Morgan fingerprint density at radius 2 is 1.89 bits per heavy atom. The molecule has 1 aromatic heterocycles. The molecular formula is C26H26ClFN4O4S. The van der Waals surface area contributed by atoms with Crippen molar-refractivity contribution >= 4 is 46.5 Å². The summed E-state index contributed by atoms with van der Waals surface area (Å²) >= 11 is 7.37. The number of thiazole rings is 1. The first-order chi connectivity index (χ1) is 17.8. The van der Waals surface area contributed by atoms with E-state index in [0.717, 1.165) is 10.6 Å². The van der Waals surface area contributed by atoms with Crippen molar-refractivity contribution in [3.63, 3.8) is 0 Å². The first-order valence-corrected chi connectivity index (χ1v) is 13.1. The van der Waals surface area contributed by atoms with Gasteiger partial charge in [0.05, 0.1) is 11.6 Å². The van der Waals surface area contributed by atoms with Crippen molar-refractivity contribution in [2.45, 2.75) is 25.7 Å². The Bertz CT molecular complexity index is 1280. The maximum absolute atomic E-state index is 14.0. The summed E-state index contributed by atoms with van der Waals surface area (Å²) in [6.45, 7) is 2.84. The van der Waals surface area contributed by atoms with E-state index < -0.39 is 11.8 Å². The number of hydrogen-bond acceptors (Lipinski definition) is 6. The molecule has 1 aliphatic heterocycles. The van der Waals surface area contributed by atoms with E-state index in [0.29, 0.717) is 42.2 Å². The number of carbonyl (C=O) groups excluding carboxylic acids is 3. The number of carbonyl (C=O) groups is 3. The predicted octanol–water partition coefficient (Wildman–Crippen LogP) is 5.31. The van der Waals surface area contributed by atoms with Crippen molar-refractivity contribution in [2.24, 2.45) is 0 Å². The van der Waals surface area contributed by atoms with Gasteiger partial charge in [-0.1, -0.05) is 23.7 Å². The summed E-state index contributed by atoms with van der Waals surface area (Å²) in [6.07, 6.45) is 1.39. The molecule has 2 aromatic carbocycles. The van der Waals surface area contributed by atoms with E-state index in [4.69, 9.17) is 16.3 Å². The van der Waals surface area contributed by atoms with Crippen LogP contribution in [-0.2, 0) is 9.53 Å². The van der Waals surface area contributed by atoms with Crippen LogP contribution in [0.4, 0.5) is 14.9 Å². The smallest absolute Gasteiger partial charge is 0.325 e. The van der Waals surface area contributed by atoms with E-state index in [1.807, 2.05) is 0 Å². The molecule has 0 spiro atoms. The minimum Gasteiger partial charge on any atom is -0.465 e. The average Bonchev–Trinajstić information content (AvgIpc) is 3.40. The lowest BCUT2D eigenvalue weighted by molar-refractivity contribution is -0.141. The molecule has 11 heteroatoms. The molecule has 4 rings (SSSR count). The van der Waals surface area contributed by atoms with E-state index in [9.17, 15) is 18.8 Å². The van der Waals surface area contributed by atoms with Crippen LogP contribution >= 0.6 is 22.9 Å². The normalized spacial score (nSPS) is 13.8. The fourth-order valence-electron chi connectivity index (χ4n) is 4.06. The lowest BCUT2D eigenvalue weighted by Gasteiger charge is -2.31. The Morgan fingerprint density at radius 3 is 2.59 bits per heavy atom. The van der Waals surface area contributed by atoms with Crippen LogP contribution in [0.15, 0.2) is 47.8 Å². The topological polar surface area (TPSA) is 101 Å². The number of amides is 3. The van der Waals surface area contributed by atoms with E-state index in [-0.39, 0.29) is 36.7 Å². The van der Waals surface area contributed by atoms with E-state index >= 15 is 0 Å². The Kier molecular flexibility index (Phi) is 8.73. The first kappa shape index (κ1) is 26.6. The molecular weight excluding hydrogens is 519 g/mol. The summed E-state index contributed by atoms with van der Waals surface area (Å²) in [7, 11) is 0. The van der Waals surface area contributed by atoms with Crippen molar-refractivity contribution in [3.05, 3.63) is 69.4 Å². The van der Waals surface area contributed by atoms with E-state index in [1.54, 1.807) is 41.5 Å². The summed E-state index contributed by atoms with van der Waals surface area (Å²) < 4.78 is 18.8. The number of urea groups is 1. The lowest BCUT2D eigenvalue weighted by atomic mass is 9.98. The third-order valence-electron chi connectivity index (χ3n) is 5.96. The molecule has 8 nitrogen and oxygen atoms in total. The van der Waals surface area contributed by atoms with Crippen LogP contribution in [0.5, 0.6) is 0 Å². The van der Waals surface area contributed by atoms with Crippen molar-refractivity contribution in [3.8, 4) is 11.1 Å². The Balaban J connectivity index is 1.36. The van der Waals surface area contributed by atoms with Crippen LogP contribution in [0.1, 0.15) is 41.2 Å². The number of likely N-dealkylation sites (tertiary alicyclic amines) is 1. The average molecular weight is 545 g/mol. The van der Waals surface area contributed by atoms with Crippen molar-refractivity contribution in [1.29, 1.82) is 0 Å². The molecule has 3 amide bonds. The van der Waals surface area contributed by atoms with Gasteiger partial charge >= 0.3 is 12.0 Å². The molecule has 1 aliphatic rings. The number of ether oxygens (including phenoxy) is 1. The van der Waals surface area contributed by atoms with Crippen LogP contribution in [0.25, 0.3) is 11.1 Å². The molecule has 37 heavy (non-hydrogen) atoms. The number of anilines is 1. The summed E-state index contributed by atoms with van der Waals surface area (Å²) in [6, 6.07) is 10.8. The van der Waals surface area contributed by atoms with E-state index in [2.05, 4.69) is 15.6 Å². The highest BCUT2D eigenvalue weighted by Crippen LogP contribution is 2.32. The zero-order chi connectivity index (χ0) is 26.4. The number of nitrogens with zero attached hydrogens (tertiary/aromatic N) is 2. The van der Waals surface area contributed by atoms with Crippen molar-refractivity contribution in [1.82, 2.24) is 15.2 Å². The zero-order valence-corrected chi connectivity index (χ0v) is 21.7. The summed E-state index contributed by atoms with van der Waals surface area (Å²) in [5, 5.41) is 8.51. The Labute approximate surface area is 222 Å². The van der Waals surface area contributed by atoms with Gasteiger partial charge in [-0.25, -0.2) is 14.2 Å². The van der Waals surface area contributed by atoms with Gasteiger partial charge in [0.15, 0.2) is 0 Å². The van der Waals surface area contributed by atoms with Gasteiger partial charge < -0.3 is 20.3 Å². The molecule has 2 N–H and O–H groups in total. The van der Waals surface area contributed by atoms with Gasteiger partial charge in [0, 0.05) is 40.7 Å². The molecule has 0 aliphatic carbocycles. The number of hydrogen-bond donors (Lipinski definition) is 2. The standard InChI is InChI=1S/C26H26ClFN4O4S/c1-2-36-23(33)14-29-26(35)32-11-9-17(10-12-32)25-31-22(15-37-25)24(34)30-21-8-7-19(28)13-20(21)16-3-5-18(27)6-4-16/h3-8,13,15,17H,2,9-12,14H2,1H3,(H,29,35)(H,30,34). The van der Waals surface area contributed by atoms with Gasteiger partial charge in [0.1, 0.15) is 18.1 Å². The maximum Gasteiger partial charge on any atom is 0.325 e. The second-order valence-electron chi connectivity index (χ2n) is 8.45. The molecule has 0 radical (unpaired) electrons. The van der Waals surface area contributed by atoms with Gasteiger partial charge in [0.2, 0.25) is 0 Å². The highest BCUT2D eigenvalue weighted by Gasteiger charge is 2.27. The van der Waals surface area contributed by atoms with Gasteiger partial charge in [-0.05, 0) is 55.7 Å². The van der Waals surface area contributed by atoms with Crippen molar-refractivity contribution < 1.29 is 23.5 Å². The number of halogens is 2. The lowest BCUT2D eigenvalue weighted by Crippen LogP contribution is -2.45. The fraction of sp³-hybridized carbons (Fsp3) is 0.308. The minimum absolute atomic E-state index is 0.121. The van der Waals surface area contributed by atoms with Crippen LogP contribution < -0.4 is 10.6 Å². The Hall–Kier alpha value is -3.50. The number of rotatable bonds is 7. The molecule has 0 bridgehead atoms. The monoisotopic (exact) mass is 544 g/mol. The molecule has 0 atom stereocenters. The zero-order valence-electron chi connectivity index (χ0n) is 20.1. The maximum atomic E-state index is 14.0. The van der Waals surface area contributed by atoms with Crippen LogP contribution in [0.2, 0.25) is 5.02 Å². The second kappa shape index (κ2) is 12.2. The number of aromatic nitrogens is 1. The van der Waals surface area contributed by atoms with Gasteiger partial charge in [-0.15, -0.1) is 11.3 Å². The quantitative estimate of drug-likeness (QED) is 0.393. The number of benzene rings is 2. The number of esters is 1. The van der Waals surface area contributed by atoms with Crippen LogP contribution in [-0.4, -0.2) is 54.0 Å². The fourth-order valence-corrected chi connectivity index (χ4v) is 5.16. The number of piperidine rings is 1. The second-order valence-corrected chi connectivity index (χ2v) is 9.77. The van der Waals surface area contributed by atoms with Gasteiger partial charge in [0.25, 0.3) is 5.91 Å². The van der Waals surface area contributed by atoms with Crippen molar-refractivity contribution in [2.75, 3.05) is 31.6 Å². The van der Waals surface area contributed by atoms with Crippen LogP contribution in [0, 0.1) is 5.82 Å². The van der Waals surface area contributed by atoms with E-state index in [1.165, 1.54) is 29.5 Å². The molecule has 3 aromatic rings. The largest absolute Gasteiger partial charge is 0.465 e. The molecule has 0 unspecified atom stereocenters. The highest BCUT2D eigenvalue weighted by atomic mass is 35.5. The third-order valence-corrected chi connectivity index (χ3v) is 7.22. The molecule has 0 saturated carbocycles. The van der Waals surface area contributed by atoms with Gasteiger partial charge in [-0.2, -0.15) is 0 Å². The predicted molar refractivity (Wildman–Crippen MR) is 140 cm³/mol. The third kappa shape index (κ3) is 6.84.